The van der Waals surface area contributed by atoms with E-state index in [2.05, 4.69) is 29.6 Å². The summed E-state index contributed by atoms with van der Waals surface area (Å²) >= 11 is 0. The molecule has 2 unspecified atom stereocenters. The topological polar surface area (TPSA) is 58.6 Å². The summed E-state index contributed by atoms with van der Waals surface area (Å²) in [6.07, 6.45) is 2.89. The van der Waals surface area contributed by atoms with Gasteiger partial charge in [0.2, 0.25) is 0 Å². The van der Waals surface area contributed by atoms with Gasteiger partial charge in [-0.05, 0) is 36.4 Å². The lowest BCUT2D eigenvalue weighted by Gasteiger charge is -2.16. The summed E-state index contributed by atoms with van der Waals surface area (Å²) in [6.45, 7) is 2.21. The largest absolute Gasteiger partial charge is 0.481 e. The second kappa shape index (κ2) is 7.41. The molecule has 0 saturated heterocycles. The van der Waals surface area contributed by atoms with Crippen LogP contribution in [0.15, 0.2) is 24.3 Å². The second-order valence-electron chi connectivity index (χ2n) is 5.52. The zero-order valence-corrected chi connectivity index (χ0v) is 12.0. The van der Waals surface area contributed by atoms with Gasteiger partial charge < -0.3 is 15.2 Å². The molecule has 1 aliphatic rings. The third kappa shape index (κ3) is 4.05. The van der Waals surface area contributed by atoms with Crippen LogP contribution >= 0.6 is 0 Å². The molecular weight excluding hydrogens is 254 g/mol. The first kappa shape index (κ1) is 15.0. The smallest absolute Gasteiger partial charge is 0.306 e. The van der Waals surface area contributed by atoms with Crippen molar-refractivity contribution in [3.63, 3.8) is 0 Å². The minimum Gasteiger partial charge on any atom is -0.481 e. The minimum absolute atomic E-state index is 0.161. The van der Waals surface area contributed by atoms with Crippen molar-refractivity contribution in [2.24, 2.45) is 11.8 Å². The molecule has 0 bridgehead atoms. The Morgan fingerprint density at radius 2 is 2.00 bits per heavy atom. The fourth-order valence-corrected chi connectivity index (χ4v) is 2.93. The zero-order valence-electron chi connectivity index (χ0n) is 12.0. The molecule has 4 nitrogen and oxygen atoms in total. The number of hydrogen-bond acceptors (Lipinski definition) is 3. The molecule has 1 aliphatic carbocycles. The summed E-state index contributed by atoms with van der Waals surface area (Å²) < 4.78 is 5.08. The first-order valence-corrected chi connectivity index (χ1v) is 7.21. The summed E-state index contributed by atoms with van der Waals surface area (Å²) in [5, 5.41) is 12.5. The van der Waals surface area contributed by atoms with Gasteiger partial charge >= 0.3 is 5.97 Å². The second-order valence-corrected chi connectivity index (χ2v) is 5.52. The van der Waals surface area contributed by atoms with Crippen LogP contribution in [-0.4, -0.2) is 24.7 Å². The van der Waals surface area contributed by atoms with E-state index in [0.717, 1.165) is 37.9 Å². The Kier molecular flexibility index (Phi) is 5.56. The Balaban J connectivity index is 1.76. The molecule has 0 heterocycles. The van der Waals surface area contributed by atoms with E-state index < -0.39 is 5.97 Å². The molecule has 2 atom stereocenters. The molecule has 4 heteroatoms. The van der Waals surface area contributed by atoms with E-state index in [4.69, 9.17) is 9.84 Å². The monoisotopic (exact) mass is 277 g/mol. The maximum Gasteiger partial charge on any atom is 0.306 e. The van der Waals surface area contributed by atoms with Crippen LogP contribution in [0.1, 0.15) is 30.4 Å². The zero-order chi connectivity index (χ0) is 14.4. The number of ether oxygens (including phenoxy) is 1. The highest BCUT2D eigenvalue weighted by atomic mass is 16.5. The summed E-state index contributed by atoms with van der Waals surface area (Å²) in [7, 11) is 1.69. The van der Waals surface area contributed by atoms with Gasteiger partial charge in [-0.25, -0.2) is 0 Å². The van der Waals surface area contributed by atoms with E-state index in [9.17, 15) is 4.79 Å². The van der Waals surface area contributed by atoms with Crippen molar-refractivity contribution in [3.8, 4) is 0 Å². The van der Waals surface area contributed by atoms with Crippen molar-refractivity contribution in [3.05, 3.63) is 35.4 Å². The summed E-state index contributed by atoms with van der Waals surface area (Å²) in [4.78, 5) is 11.1. The van der Waals surface area contributed by atoms with Crippen molar-refractivity contribution < 1.29 is 14.6 Å². The quantitative estimate of drug-likeness (QED) is 0.803. The van der Waals surface area contributed by atoms with Crippen LogP contribution in [0, 0.1) is 11.8 Å². The average molecular weight is 277 g/mol. The number of benzene rings is 1. The number of carbonyl (C=O) groups is 1. The number of rotatable bonds is 7. The fraction of sp³-hybridized carbons (Fsp3) is 0.562. The lowest BCUT2D eigenvalue weighted by molar-refractivity contribution is -0.142. The molecule has 0 aliphatic heterocycles. The highest BCUT2D eigenvalue weighted by molar-refractivity contribution is 5.70. The van der Waals surface area contributed by atoms with Crippen LogP contribution < -0.4 is 5.32 Å². The molecule has 0 radical (unpaired) electrons. The van der Waals surface area contributed by atoms with Gasteiger partial charge in [-0.2, -0.15) is 0 Å². The van der Waals surface area contributed by atoms with E-state index in [1.165, 1.54) is 5.56 Å². The number of nitrogens with one attached hydrogen (secondary N) is 1. The molecule has 110 valence electrons. The number of carboxylic acid groups (broad SMARTS) is 1. The van der Waals surface area contributed by atoms with Gasteiger partial charge in [0, 0.05) is 13.7 Å². The van der Waals surface area contributed by atoms with Crippen LogP contribution in [0.3, 0.4) is 0 Å². The number of carboxylic acids is 1. The summed E-state index contributed by atoms with van der Waals surface area (Å²) in [5.41, 5.74) is 2.38. The summed E-state index contributed by atoms with van der Waals surface area (Å²) in [6, 6.07) is 8.31. The molecule has 1 fully saturated rings. The van der Waals surface area contributed by atoms with E-state index in [0.29, 0.717) is 6.61 Å². The van der Waals surface area contributed by atoms with E-state index in [-0.39, 0.29) is 11.8 Å². The van der Waals surface area contributed by atoms with E-state index >= 15 is 0 Å². The molecule has 20 heavy (non-hydrogen) atoms. The third-order valence-electron chi connectivity index (χ3n) is 4.05. The Hall–Kier alpha value is -1.39. The number of aliphatic carboxylic acids is 1. The summed E-state index contributed by atoms with van der Waals surface area (Å²) in [5.74, 6) is -0.523. The first-order valence-electron chi connectivity index (χ1n) is 7.21. The van der Waals surface area contributed by atoms with Crippen LogP contribution in [0.4, 0.5) is 0 Å². The highest BCUT2D eigenvalue weighted by Crippen LogP contribution is 2.31. The predicted octanol–water partition coefficient (Wildman–Crippen LogP) is 2.42. The Labute approximate surface area is 120 Å². The Morgan fingerprint density at radius 3 is 2.65 bits per heavy atom. The van der Waals surface area contributed by atoms with Crippen LogP contribution in [-0.2, 0) is 22.7 Å². The van der Waals surface area contributed by atoms with Crippen LogP contribution in [0.2, 0.25) is 0 Å². The molecule has 1 aromatic carbocycles. The molecular formula is C16H23NO3. The lowest BCUT2D eigenvalue weighted by Crippen LogP contribution is -2.28. The SMILES string of the molecule is COCc1ccc(CNCC2CCCC2C(=O)O)cc1. The van der Waals surface area contributed by atoms with Gasteiger partial charge in [-0.1, -0.05) is 30.7 Å². The standard InChI is InChI=1S/C16H23NO3/c1-20-11-13-7-5-12(6-8-13)9-17-10-14-3-2-4-15(14)16(18)19/h5-8,14-15,17H,2-4,9-11H2,1H3,(H,18,19). The first-order chi connectivity index (χ1) is 9.70. The molecule has 2 N–H and O–H groups in total. The van der Waals surface area contributed by atoms with Gasteiger partial charge in [0.25, 0.3) is 0 Å². The highest BCUT2D eigenvalue weighted by Gasteiger charge is 2.32. The molecule has 2 rings (SSSR count). The van der Waals surface area contributed by atoms with Gasteiger partial charge in [-0.15, -0.1) is 0 Å². The maximum absolute atomic E-state index is 11.1. The molecule has 1 aromatic rings. The Morgan fingerprint density at radius 1 is 1.30 bits per heavy atom. The minimum atomic E-state index is -0.641. The van der Waals surface area contributed by atoms with Gasteiger partial charge in [-0.3, -0.25) is 4.79 Å². The van der Waals surface area contributed by atoms with Gasteiger partial charge in [0.1, 0.15) is 0 Å². The van der Waals surface area contributed by atoms with Crippen LogP contribution in [0.25, 0.3) is 0 Å². The normalized spacial score (nSPS) is 22.1. The van der Waals surface area contributed by atoms with Gasteiger partial charge in [0.05, 0.1) is 12.5 Å². The number of methoxy groups -OCH3 is 1. The molecule has 0 amide bonds. The number of hydrogen-bond donors (Lipinski definition) is 2. The predicted molar refractivity (Wildman–Crippen MR) is 77.3 cm³/mol. The van der Waals surface area contributed by atoms with E-state index in [1.54, 1.807) is 7.11 Å². The van der Waals surface area contributed by atoms with E-state index in [1.807, 2.05) is 0 Å². The van der Waals surface area contributed by atoms with Crippen molar-refractivity contribution in [2.75, 3.05) is 13.7 Å². The van der Waals surface area contributed by atoms with Crippen molar-refractivity contribution in [1.82, 2.24) is 5.32 Å². The molecule has 0 spiro atoms. The molecule has 1 saturated carbocycles. The van der Waals surface area contributed by atoms with Gasteiger partial charge in [0.15, 0.2) is 0 Å². The van der Waals surface area contributed by atoms with Crippen molar-refractivity contribution >= 4 is 5.97 Å². The fourth-order valence-electron chi connectivity index (χ4n) is 2.93. The van der Waals surface area contributed by atoms with Crippen molar-refractivity contribution in [2.45, 2.75) is 32.4 Å². The Bertz CT molecular complexity index is 430. The van der Waals surface area contributed by atoms with Crippen molar-refractivity contribution in [1.29, 1.82) is 0 Å². The third-order valence-corrected chi connectivity index (χ3v) is 4.05. The lowest BCUT2D eigenvalue weighted by atomic mass is 9.96. The molecule has 0 aromatic heterocycles. The maximum atomic E-state index is 11.1. The van der Waals surface area contributed by atoms with Crippen LogP contribution in [0.5, 0.6) is 0 Å². The average Bonchev–Trinajstić information content (AvgIpc) is 2.90.